The van der Waals surface area contributed by atoms with E-state index in [1.54, 1.807) is 16.8 Å². The van der Waals surface area contributed by atoms with Gasteiger partial charge >= 0.3 is 12.0 Å². The van der Waals surface area contributed by atoms with Crippen LogP contribution in [0.25, 0.3) is 0 Å². The van der Waals surface area contributed by atoms with Gasteiger partial charge in [-0.25, -0.2) is 4.79 Å². The first-order chi connectivity index (χ1) is 8.91. The summed E-state index contributed by atoms with van der Waals surface area (Å²) in [5, 5.41) is 8.86. The molecule has 1 rings (SSSR count). The molecule has 6 nitrogen and oxygen atoms in total. The van der Waals surface area contributed by atoms with Gasteiger partial charge in [0.25, 0.3) is 0 Å². The zero-order valence-corrected chi connectivity index (χ0v) is 12.1. The Morgan fingerprint density at radius 3 is 2.53 bits per heavy atom. The second-order valence-electron chi connectivity index (χ2n) is 5.45. The molecular formula is C13H25N3O3. The van der Waals surface area contributed by atoms with Crippen LogP contribution in [-0.4, -0.2) is 78.6 Å². The van der Waals surface area contributed by atoms with Crippen LogP contribution in [0.5, 0.6) is 0 Å². The van der Waals surface area contributed by atoms with Gasteiger partial charge in [-0.3, -0.25) is 4.79 Å². The summed E-state index contributed by atoms with van der Waals surface area (Å²) in [7, 11) is 5.80. The quantitative estimate of drug-likeness (QED) is 0.780. The average Bonchev–Trinajstić information content (AvgIpc) is 2.74. The Balaban J connectivity index is 2.44. The number of carbonyl (C=O) groups excluding carboxylic acids is 1. The van der Waals surface area contributed by atoms with E-state index in [4.69, 9.17) is 5.11 Å². The fourth-order valence-electron chi connectivity index (χ4n) is 2.44. The topological polar surface area (TPSA) is 64.1 Å². The zero-order chi connectivity index (χ0) is 14.4. The highest BCUT2D eigenvalue weighted by molar-refractivity contribution is 5.76. The van der Waals surface area contributed by atoms with Crippen molar-refractivity contribution in [3.8, 4) is 0 Å². The largest absolute Gasteiger partial charge is 0.481 e. The standard InChI is InChI=1S/C13H25N3O3/c1-14(2)7-5-8-15(3)13(19)16-9-4-6-11(16)10-12(17)18/h11H,4-10H2,1-3H3,(H,17,18). The van der Waals surface area contributed by atoms with Crippen molar-refractivity contribution >= 4 is 12.0 Å². The normalized spacial score (nSPS) is 18.9. The molecular weight excluding hydrogens is 246 g/mol. The van der Waals surface area contributed by atoms with Gasteiger partial charge in [-0.05, 0) is 39.9 Å². The number of urea groups is 1. The molecule has 2 amide bonds. The number of carboxylic acid groups (broad SMARTS) is 1. The van der Waals surface area contributed by atoms with Crippen molar-refractivity contribution in [1.29, 1.82) is 0 Å². The van der Waals surface area contributed by atoms with Gasteiger partial charge < -0.3 is 19.8 Å². The summed E-state index contributed by atoms with van der Waals surface area (Å²) in [6.45, 7) is 2.32. The number of amides is 2. The van der Waals surface area contributed by atoms with Gasteiger partial charge in [0.1, 0.15) is 0 Å². The second-order valence-corrected chi connectivity index (χ2v) is 5.45. The van der Waals surface area contributed by atoms with E-state index >= 15 is 0 Å². The molecule has 6 heteroatoms. The maximum absolute atomic E-state index is 12.3. The lowest BCUT2D eigenvalue weighted by Gasteiger charge is -2.29. The molecule has 0 aromatic rings. The summed E-state index contributed by atoms with van der Waals surface area (Å²) < 4.78 is 0. The van der Waals surface area contributed by atoms with Crippen LogP contribution in [0.2, 0.25) is 0 Å². The van der Waals surface area contributed by atoms with E-state index in [1.807, 2.05) is 14.1 Å². The number of rotatable bonds is 6. The number of likely N-dealkylation sites (tertiary alicyclic amines) is 1. The molecule has 1 unspecified atom stereocenters. The summed E-state index contributed by atoms with van der Waals surface area (Å²) in [6.07, 6.45) is 2.67. The van der Waals surface area contributed by atoms with Crippen molar-refractivity contribution in [2.24, 2.45) is 0 Å². The lowest BCUT2D eigenvalue weighted by Crippen LogP contribution is -2.45. The van der Waals surface area contributed by atoms with Crippen LogP contribution in [0.3, 0.4) is 0 Å². The minimum Gasteiger partial charge on any atom is -0.481 e. The molecule has 1 N–H and O–H groups in total. The highest BCUT2D eigenvalue weighted by Gasteiger charge is 2.31. The van der Waals surface area contributed by atoms with Gasteiger partial charge in [0.2, 0.25) is 0 Å². The Labute approximate surface area is 115 Å². The summed E-state index contributed by atoms with van der Waals surface area (Å²) >= 11 is 0. The van der Waals surface area contributed by atoms with Gasteiger partial charge in [-0.15, -0.1) is 0 Å². The molecule has 1 saturated heterocycles. The van der Waals surface area contributed by atoms with Crippen molar-refractivity contribution in [1.82, 2.24) is 14.7 Å². The first kappa shape index (κ1) is 15.8. The molecule has 0 saturated carbocycles. The Morgan fingerprint density at radius 1 is 1.26 bits per heavy atom. The Kier molecular flexibility index (Phi) is 6.08. The van der Waals surface area contributed by atoms with Crippen molar-refractivity contribution in [3.63, 3.8) is 0 Å². The van der Waals surface area contributed by atoms with Gasteiger partial charge in [-0.2, -0.15) is 0 Å². The van der Waals surface area contributed by atoms with E-state index in [-0.39, 0.29) is 18.5 Å². The number of carbonyl (C=O) groups is 2. The molecule has 0 aromatic heterocycles. The molecule has 1 aliphatic heterocycles. The van der Waals surface area contributed by atoms with Crippen molar-refractivity contribution in [3.05, 3.63) is 0 Å². The van der Waals surface area contributed by atoms with Crippen LogP contribution in [0.1, 0.15) is 25.7 Å². The van der Waals surface area contributed by atoms with E-state index < -0.39 is 5.97 Å². The maximum Gasteiger partial charge on any atom is 0.320 e. The molecule has 0 aromatic carbocycles. The number of nitrogens with zero attached hydrogens (tertiary/aromatic N) is 3. The lowest BCUT2D eigenvalue weighted by molar-refractivity contribution is -0.138. The van der Waals surface area contributed by atoms with Crippen LogP contribution in [0.15, 0.2) is 0 Å². The van der Waals surface area contributed by atoms with E-state index in [0.29, 0.717) is 13.1 Å². The predicted molar refractivity (Wildman–Crippen MR) is 73.2 cm³/mol. The zero-order valence-electron chi connectivity index (χ0n) is 12.1. The van der Waals surface area contributed by atoms with E-state index in [1.165, 1.54) is 0 Å². The van der Waals surface area contributed by atoms with Crippen LogP contribution in [-0.2, 0) is 4.79 Å². The van der Waals surface area contributed by atoms with Crippen molar-refractivity contribution < 1.29 is 14.7 Å². The molecule has 19 heavy (non-hydrogen) atoms. The number of aliphatic carboxylic acids is 1. The fraction of sp³-hybridized carbons (Fsp3) is 0.846. The molecule has 1 fully saturated rings. The first-order valence-electron chi connectivity index (χ1n) is 6.80. The summed E-state index contributed by atoms with van der Waals surface area (Å²) in [5.41, 5.74) is 0. The SMILES string of the molecule is CN(C)CCCN(C)C(=O)N1CCCC1CC(=O)O. The third-order valence-corrected chi connectivity index (χ3v) is 3.46. The second kappa shape index (κ2) is 7.33. The van der Waals surface area contributed by atoms with E-state index in [0.717, 1.165) is 25.8 Å². The van der Waals surface area contributed by atoms with Crippen molar-refractivity contribution in [2.75, 3.05) is 40.8 Å². The molecule has 1 atom stereocenters. The van der Waals surface area contributed by atoms with Crippen LogP contribution >= 0.6 is 0 Å². The van der Waals surface area contributed by atoms with Gasteiger partial charge in [0, 0.05) is 26.2 Å². The third kappa shape index (κ3) is 5.06. The Morgan fingerprint density at radius 2 is 1.95 bits per heavy atom. The molecule has 0 aliphatic carbocycles. The Bertz CT molecular complexity index is 320. The molecule has 1 aliphatic rings. The van der Waals surface area contributed by atoms with Gasteiger partial charge in [0.15, 0.2) is 0 Å². The third-order valence-electron chi connectivity index (χ3n) is 3.46. The highest BCUT2D eigenvalue weighted by Crippen LogP contribution is 2.21. The minimum atomic E-state index is -0.833. The maximum atomic E-state index is 12.3. The predicted octanol–water partition coefficient (Wildman–Crippen LogP) is 0.929. The van der Waals surface area contributed by atoms with Crippen LogP contribution in [0, 0.1) is 0 Å². The van der Waals surface area contributed by atoms with Gasteiger partial charge in [0.05, 0.1) is 6.42 Å². The molecule has 0 radical (unpaired) electrons. The lowest BCUT2D eigenvalue weighted by atomic mass is 10.1. The molecule has 0 bridgehead atoms. The molecule has 110 valence electrons. The number of hydrogen-bond donors (Lipinski definition) is 1. The van der Waals surface area contributed by atoms with E-state index in [9.17, 15) is 9.59 Å². The number of hydrogen-bond acceptors (Lipinski definition) is 3. The smallest absolute Gasteiger partial charge is 0.320 e. The van der Waals surface area contributed by atoms with Gasteiger partial charge in [-0.1, -0.05) is 0 Å². The average molecular weight is 271 g/mol. The summed E-state index contributed by atoms with van der Waals surface area (Å²) in [6, 6.07) is -0.177. The number of carboxylic acids is 1. The van der Waals surface area contributed by atoms with E-state index in [2.05, 4.69) is 4.90 Å². The minimum absolute atomic E-state index is 0.0393. The van der Waals surface area contributed by atoms with Crippen LogP contribution in [0.4, 0.5) is 4.79 Å². The first-order valence-corrected chi connectivity index (χ1v) is 6.80. The van der Waals surface area contributed by atoms with Crippen molar-refractivity contribution in [2.45, 2.75) is 31.7 Å². The Hall–Kier alpha value is -1.30. The molecule has 1 heterocycles. The summed E-state index contributed by atoms with van der Waals surface area (Å²) in [5.74, 6) is -0.833. The summed E-state index contributed by atoms with van der Waals surface area (Å²) in [4.78, 5) is 28.5. The monoisotopic (exact) mass is 271 g/mol. The molecule has 0 spiro atoms. The highest BCUT2D eigenvalue weighted by atomic mass is 16.4. The van der Waals surface area contributed by atoms with Crippen LogP contribution < -0.4 is 0 Å². The fourth-order valence-corrected chi connectivity index (χ4v) is 2.44.